The first-order chi connectivity index (χ1) is 12.3. The molecule has 2 aromatic carbocycles. The number of anilines is 3. The van der Waals surface area contributed by atoms with Crippen molar-refractivity contribution < 1.29 is 22.0 Å². The lowest BCUT2D eigenvalue weighted by molar-refractivity contribution is 0.262. The molecule has 0 saturated carbocycles. The number of nitrogens with one attached hydrogen (secondary N) is 2. The molecule has 0 atom stereocenters. The Morgan fingerprint density at radius 3 is 2.65 bits per heavy atom. The molecule has 1 aliphatic rings. The van der Waals surface area contributed by atoms with Crippen LogP contribution >= 0.6 is 0 Å². The van der Waals surface area contributed by atoms with Crippen LogP contribution in [0.1, 0.15) is 12.5 Å². The number of halogens is 2. The van der Waals surface area contributed by atoms with Crippen LogP contribution in [0.25, 0.3) is 0 Å². The summed E-state index contributed by atoms with van der Waals surface area (Å²) in [5.74, 6) is -1.47. The van der Waals surface area contributed by atoms with Gasteiger partial charge in [0.25, 0.3) is 0 Å². The molecule has 3 rings (SSSR count). The van der Waals surface area contributed by atoms with E-state index < -0.39 is 27.7 Å². The fourth-order valence-corrected chi connectivity index (χ4v) is 3.90. The van der Waals surface area contributed by atoms with Crippen molar-refractivity contribution in [1.82, 2.24) is 0 Å². The van der Waals surface area contributed by atoms with Gasteiger partial charge in [0, 0.05) is 18.3 Å². The zero-order chi connectivity index (χ0) is 18.9. The van der Waals surface area contributed by atoms with Crippen LogP contribution in [0, 0.1) is 11.6 Å². The quantitative estimate of drug-likeness (QED) is 0.853. The number of rotatable bonds is 4. The number of hydrogen-bond acceptors (Lipinski definition) is 3. The average Bonchev–Trinajstić information content (AvgIpc) is 3.02. The van der Waals surface area contributed by atoms with Crippen molar-refractivity contribution in [2.75, 3.05) is 27.2 Å². The van der Waals surface area contributed by atoms with Gasteiger partial charge in [0.1, 0.15) is 11.6 Å². The third-order valence-corrected chi connectivity index (χ3v) is 5.85. The van der Waals surface area contributed by atoms with E-state index in [1.165, 1.54) is 4.31 Å². The SMILES string of the molecule is CCS(=O)(=O)N1CCc2ccc(NC(=O)Nc3cc(F)ccc3F)cc21. The number of benzene rings is 2. The highest BCUT2D eigenvalue weighted by Gasteiger charge is 2.28. The Labute approximate surface area is 149 Å². The lowest BCUT2D eigenvalue weighted by Crippen LogP contribution is -2.30. The van der Waals surface area contributed by atoms with E-state index in [1.807, 2.05) is 0 Å². The Morgan fingerprint density at radius 1 is 1.15 bits per heavy atom. The molecule has 2 amide bonds. The maximum Gasteiger partial charge on any atom is 0.323 e. The summed E-state index contributed by atoms with van der Waals surface area (Å²) in [6.45, 7) is 1.92. The highest BCUT2D eigenvalue weighted by molar-refractivity contribution is 7.92. The minimum Gasteiger partial charge on any atom is -0.308 e. The molecular weight excluding hydrogens is 364 g/mol. The second-order valence-electron chi connectivity index (χ2n) is 5.77. The van der Waals surface area contributed by atoms with Crippen LogP contribution in [-0.4, -0.2) is 26.7 Å². The van der Waals surface area contributed by atoms with Crippen LogP contribution in [0.5, 0.6) is 0 Å². The molecule has 2 N–H and O–H groups in total. The fraction of sp³-hybridized carbons (Fsp3) is 0.235. The van der Waals surface area contributed by atoms with Crippen LogP contribution in [0.4, 0.5) is 30.6 Å². The average molecular weight is 381 g/mol. The highest BCUT2D eigenvalue weighted by atomic mass is 32.2. The van der Waals surface area contributed by atoms with Crippen molar-refractivity contribution in [2.24, 2.45) is 0 Å². The molecule has 0 bridgehead atoms. The monoisotopic (exact) mass is 381 g/mol. The number of carbonyl (C=O) groups excluding carboxylic acids is 1. The van der Waals surface area contributed by atoms with Gasteiger partial charge in [0.05, 0.1) is 17.1 Å². The summed E-state index contributed by atoms with van der Waals surface area (Å²) >= 11 is 0. The molecular formula is C17H17F2N3O3S. The molecule has 0 saturated heterocycles. The van der Waals surface area contributed by atoms with Gasteiger partial charge in [-0.25, -0.2) is 22.0 Å². The summed E-state index contributed by atoms with van der Waals surface area (Å²) in [7, 11) is -3.40. The standard InChI is InChI=1S/C17H17F2N3O3S/c1-2-26(24,25)22-8-7-11-3-5-13(10-16(11)22)20-17(23)21-15-9-12(18)4-6-14(15)19/h3-6,9-10H,2,7-8H2,1H3,(H2,20,21,23). The van der Waals surface area contributed by atoms with Gasteiger partial charge in [-0.1, -0.05) is 6.07 Å². The topological polar surface area (TPSA) is 78.5 Å². The highest BCUT2D eigenvalue weighted by Crippen LogP contribution is 2.33. The van der Waals surface area contributed by atoms with E-state index >= 15 is 0 Å². The third-order valence-electron chi connectivity index (χ3n) is 4.07. The van der Waals surface area contributed by atoms with E-state index in [4.69, 9.17) is 0 Å². The number of fused-ring (bicyclic) bond motifs is 1. The van der Waals surface area contributed by atoms with Crippen molar-refractivity contribution >= 4 is 33.1 Å². The Kier molecular flexibility index (Phi) is 4.82. The first kappa shape index (κ1) is 18.1. The summed E-state index contributed by atoms with van der Waals surface area (Å²) in [5.41, 5.74) is 1.43. The van der Waals surface area contributed by atoms with E-state index in [9.17, 15) is 22.0 Å². The van der Waals surface area contributed by atoms with Crippen LogP contribution in [0.15, 0.2) is 36.4 Å². The third kappa shape index (κ3) is 3.62. The predicted molar refractivity (Wildman–Crippen MR) is 96.0 cm³/mol. The molecule has 0 unspecified atom stereocenters. The Balaban J connectivity index is 1.78. The molecule has 26 heavy (non-hydrogen) atoms. The molecule has 138 valence electrons. The Hall–Kier alpha value is -2.68. The predicted octanol–water partition coefficient (Wildman–Crippen LogP) is 3.32. The van der Waals surface area contributed by atoms with Gasteiger partial charge in [-0.2, -0.15) is 0 Å². The summed E-state index contributed by atoms with van der Waals surface area (Å²) in [6, 6.07) is 6.87. The fourth-order valence-electron chi connectivity index (χ4n) is 2.75. The zero-order valence-electron chi connectivity index (χ0n) is 13.9. The van der Waals surface area contributed by atoms with E-state index in [0.717, 1.165) is 23.8 Å². The van der Waals surface area contributed by atoms with Crippen molar-refractivity contribution in [3.63, 3.8) is 0 Å². The lowest BCUT2D eigenvalue weighted by Gasteiger charge is -2.19. The van der Waals surface area contributed by atoms with Crippen molar-refractivity contribution in [2.45, 2.75) is 13.3 Å². The molecule has 0 aliphatic carbocycles. The van der Waals surface area contributed by atoms with Crippen LogP contribution in [0.2, 0.25) is 0 Å². The molecule has 1 aliphatic heterocycles. The molecule has 6 nitrogen and oxygen atoms in total. The van der Waals surface area contributed by atoms with Crippen LogP contribution in [-0.2, 0) is 16.4 Å². The summed E-state index contributed by atoms with van der Waals surface area (Å²) in [5, 5.41) is 4.72. The van der Waals surface area contributed by atoms with Gasteiger partial charge in [-0.15, -0.1) is 0 Å². The molecule has 9 heteroatoms. The minimum absolute atomic E-state index is 0.0244. The number of hydrogen-bond donors (Lipinski definition) is 2. The van der Waals surface area contributed by atoms with Crippen molar-refractivity contribution in [3.05, 3.63) is 53.6 Å². The first-order valence-corrected chi connectivity index (χ1v) is 9.57. The van der Waals surface area contributed by atoms with Gasteiger partial charge in [-0.3, -0.25) is 4.31 Å². The number of sulfonamides is 1. The smallest absolute Gasteiger partial charge is 0.308 e. The van der Waals surface area contributed by atoms with Gasteiger partial charge in [0.15, 0.2) is 0 Å². The normalized spacial score (nSPS) is 13.4. The van der Waals surface area contributed by atoms with Gasteiger partial charge < -0.3 is 10.6 Å². The van der Waals surface area contributed by atoms with E-state index in [1.54, 1.807) is 25.1 Å². The molecule has 0 radical (unpaired) electrons. The Bertz CT molecular complexity index is 964. The number of urea groups is 1. The molecule has 0 aromatic heterocycles. The van der Waals surface area contributed by atoms with Gasteiger partial charge in [0.2, 0.25) is 10.0 Å². The summed E-state index contributed by atoms with van der Waals surface area (Å²) < 4.78 is 52.4. The number of nitrogens with zero attached hydrogens (tertiary/aromatic N) is 1. The summed E-state index contributed by atoms with van der Waals surface area (Å²) in [4.78, 5) is 12.0. The second-order valence-corrected chi connectivity index (χ2v) is 7.95. The number of carbonyl (C=O) groups is 1. The molecule has 1 heterocycles. The Morgan fingerprint density at radius 2 is 1.92 bits per heavy atom. The summed E-state index contributed by atoms with van der Waals surface area (Å²) in [6.07, 6.45) is 0.593. The van der Waals surface area contributed by atoms with Crippen molar-refractivity contribution in [3.8, 4) is 0 Å². The first-order valence-electron chi connectivity index (χ1n) is 7.96. The molecule has 0 spiro atoms. The van der Waals surface area contributed by atoms with E-state index in [2.05, 4.69) is 10.6 Å². The minimum atomic E-state index is -3.40. The maximum absolute atomic E-state index is 13.6. The maximum atomic E-state index is 13.6. The second kappa shape index (κ2) is 6.91. The van der Waals surface area contributed by atoms with E-state index in [-0.39, 0.29) is 11.4 Å². The van der Waals surface area contributed by atoms with E-state index in [0.29, 0.717) is 24.3 Å². The molecule has 0 fully saturated rings. The van der Waals surface area contributed by atoms with Crippen LogP contribution in [0.3, 0.4) is 0 Å². The van der Waals surface area contributed by atoms with Gasteiger partial charge >= 0.3 is 6.03 Å². The lowest BCUT2D eigenvalue weighted by atomic mass is 10.1. The van der Waals surface area contributed by atoms with Crippen LogP contribution < -0.4 is 14.9 Å². The van der Waals surface area contributed by atoms with Crippen molar-refractivity contribution in [1.29, 1.82) is 0 Å². The number of amides is 2. The largest absolute Gasteiger partial charge is 0.323 e. The van der Waals surface area contributed by atoms with Gasteiger partial charge in [-0.05, 0) is 43.2 Å². The zero-order valence-corrected chi connectivity index (χ0v) is 14.7. The molecule has 2 aromatic rings.